The van der Waals surface area contributed by atoms with Crippen molar-refractivity contribution < 1.29 is 13.2 Å². The number of rotatable bonds is 2. The Balaban J connectivity index is 2.37. The van der Waals surface area contributed by atoms with Crippen molar-refractivity contribution in [2.75, 3.05) is 0 Å². The van der Waals surface area contributed by atoms with Crippen LogP contribution >= 0.6 is 0 Å². The topological polar surface area (TPSA) is 56.7 Å². The van der Waals surface area contributed by atoms with Crippen molar-refractivity contribution in [3.63, 3.8) is 0 Å². The molecule has 0 spiro atoms. The minimum Gasteiger partial charge on any atom is -0.324 e. The van der Waals surface area contributed by atoms with Crippen LogP contribution in [-0.2, 0) is 6.18 Å². The first-order valence-corrected chi connectivity index (χ1v) is 5.21. The second-order valence-electron chi connectivity index (χ2n) is 3.91. The fraction of sp³-hybridized carbons (Fsp3) is 0.273. The van der Waals surface area contributed by atoms with Gasteiger partial charge in [-0.15, -0.1) is 0 Å². The molecule has 2 N–H and O–H groups in total. The van der Waals surface area contributed by atoms with Crippen molar-refractivity contribution >= 4 is 0 Å². The highest BCUT2D eigenvalue weighted by Crippen LogP contribution is 2.29. The van der Waals surface area contributed by atoms with Crippen LogP contribution in [0.5, 0.6) is 0 Å². The van der Waals surface area contributed by atoms with E-state index in [-0.39, 0.29) is 6.04 Å². The second kappa shape index (κ2) is 4.41. The maximum absolute atomic E-state index is 12.4. The number of pyridine rings is 1. The first-order valence-electron chi connectivity index (χ1n) is 5.21. The van der Waals surface area contributed by atoms with E-state index in [2.05, 4.69) is 10.1 Å². The van der Waals surface area contributed by atoms with Gasteiger partial charge in [0.25, 0.3) is 0 Å². The summed E-state index contributed by atoms with van der Waals surface area (Å²) in [6.45, 7) is 1.78. The quantitative estimate of drug-likeness (QED) is 0.897. The lowest BCUT2D eigenvalue weighted by Crippen LogP contribution is -2.07. The molecule has 0 bridgehead atoms. The molecule has 2 aromatic heterocycles. The highest BCUT2D eigenvalue weighted by atomic mass is 19.4. The van der Waals surface area contributed by atoms with Gasteiger partial charge < -0.3 is 5.73 Å². The Morgan fingerprint density at radius 3 is 2.67 bits per heavy atom. The van der Waals surface area contributed by atoms with Crippen molar-refractivity contribution in [2.24, 2.45) is 5.73 Å². The first-order chi connectivity index (χ1) is 8.38. The predicted octanol–water partition coefficient (Wildman–Crippen LogP) is 2.31. The van der Waals surface area contributed by atoms with Crippen LogP contribution in [0.25, 0.3) is 5.82 Å². The first kappa shape index (κ1) is 12.6. The molecule has 18 heavy (non-hydrogen) atoms. The Morgan fingerprint density at radius 1 is 1.39 bits per heavy atom. The van der Waals surface area contributed by atoms with E-state index in [1.807, 2.05) is 0 Å². The van der Waals surface area contributed by atoms with E-state index in [0.29, 0.717) is 5.82 Å². The molecule has 0 aliphatic carbocycles. The van der Waals surface area contributed by atoms with Crippen LogP contribution in [-0.4, -0.2) is 14.8 Å². The summed E-state index contributed by atoms with van der Waals surface area (Å²) in [6, 6.07) is 3.10. The fourth-order valence-electron chi connectivity index (χ4n) is 1.44. The molecule has 0 aromatic carbocycles. The zero-order chi connectivity index (χ0) is 13.3. The normalized spacial score (nSPS) is 13.6. The summed E-state index contributed by atoms with van der Waals surface area (Å²) in [5.41, 5.74) is 5.67. The molecule has 4 nitrogen and oxygen atoms in total. The summed E-state index contributed by atoms with van der Waals surface area (Å²) >= 11 is 0. The lowest BCUT2D eigenvalue weighted by atomic mass is 10.1. The number of hydrogen-bond acceptors (Lipinski definition) is 3. The zero-order valence-corrected chi connectivity index (χ0v) is 9.52. The number of aromatic nitrogens is 3. The Kier molecular flexibility index (Phi) is 3.08. The van der Waals surface area contributed by atoms with Gasteiger partial charge in [0, 0.05) is 18.4 Å². The highest BCUT2D eigenvalue weighted by molar-refractivity contribution is 5.29. The summed E-state index contributed by atoms with van der Waals surface area (Å²) in [5, 5.41) is 3.65. The minimum atomic E-state index is -4.41. The molecule has 0 saturated heterocycles. The van der Waals surface area contributed by atoms with E-state index < -0.39 is 11.7 Å². The van der Waals surface area contributed by atoms with E-state index in [1.165, 1.54) is 6.20 Å². The van der Waals surface area contributed by atoms with Crippen molar-refractivity contribution in [3.8, 4) is 5.82 Å². The van der Waals surface area contributed by atoms with E-state index in [1.54, 1.807) is 19.1 Å². The molecule has 2 aromatic rings. The summed E-state index contributed by atoms with van der Waals surface area (Å²) < 4.78 is 38.4. The van der Waals surface area contributed by atoms with Gasteiger partial charge in [-0.3, -0.25) is 0 Å². The maximum Gasteiger partial charge on any atom is 0.419 e. The van der Waals surface area contributed by atoms with Crippen LogP contribution in [0.4, 0.5) is 13.2 Å². The Morgan fingerprint density at radius 2 is 2.11 bits per heavy atom. The monoisotopic (exact) mass is 256 g/mol. The van der Waals surface area contributed by atoms with Crippen LogP contribution < -0.4 is 5.73 Å². The van der Waals surface area contributed by atoms with Gasteiger partial charge in [-0.2, -0.15) is 18.3 Å². The highest BCUT2D eigenvalue weighted by Gasteiger charge is 2.32. The number of halogens is 3. The van der Waals surface area contributed by atoms with Crippen LogP contribution in [0, 0.1) is 0 Å². The van der Waals surface area contributed by atoms with Gasteiger partial charge in [0.05, 0.1) is 11.8 Å². The molecule has 0 aliphatic heterocycles. The molecule has 0 unspecified atom stereocenters. The maximum atomic E-state index is 12.4. The van der Waals surface area contributed by atoms with Crippen molar-refractivity contribution in [2.45, 2.75) is 19.1 Å². The lowest BCUT2D eigenvalue weighted by molar-refractivity contribution is -0.137. The molecule has 0 aliphatic rings. The largest absolute Gasteiger partial charge is 0.419 e. The molecular weight excluding hydrogens is 245 g/mol. The molecule has 0 amide bonds. The smallest absolute Gasteiger partial charge is 0.324 e. The third-order valence-electron chi connectivity index (χ3n) is 2.44. The number of nitrogens with two attached hydrogens (primary N) is 1. The Hall–Kier alpha value is -1.89. The standard InChI is InChI=1S/C11H11F3N4/c1-7(15)8-2-3-16-10(4-8)18-6-9(5-17-18)11(12,13)14/h2-7H,15H2,1H3/t7-/m0/s1. The third-order valence-corrected chi connectivity index (χ3v) is 2.44. The fourth-order valence-corrected chi connectivity index (χ4v) is 1.44. The van der Waals surface area contributed by atoms with Crippen LogP contribution in [0.2, 0.25) is 0 Å². The Labute approximate surface area is 101 Å². The predicted molar refractivity (Wildman–Crippen MR) is 59.0 cm³/mol. The SMILES string of the molecule is C[C@H](N)c1ccnc(-n2cc(C(F)(F)F)cn2)c1. The number of hydrogen-bond donors (Lipinski definition) is 1. The molecule has 7 heteroatoms. The second-order valence-corrected chi connectivity index (χ2v) is 3.91. The molecule has 2 heterocycles. The molecular formula is C11H11F3N4. The van der Waals surface area contributed by atoms with Gasteiger partial charge in [-0.05, 0) is 24.6 Å². The molecule has 0 saturated carbocycles. The summed E-state index contributed by atoms with van der Waals surface area (Å²) in [5.74, 6) is 0.306. The molecule has 96 valence electrons. The van der Waals surface area contributed by atoms with E-state index in [9.17, 15) is 13.2 Å². The van der Waals surface area contributed by atoms with E-state index in [4.69, 9.17) is 5.73 Å². The van der Waals surface area contributed by atoms with Crippen molar-refractivity contribution in [1.82, 2.24) is 14.8 Å². The van der Waals surface area contributed by atoms with Gasteiger partial charge in [-0.1, -0.05) is 0 Å². The van der Waals surface area contributed by atoms with Gasteiger partial charge in [0.15, 0.2) is 5.82 Å². The molecule has 1 atom stereocenters. The van der Waals surface area contributed by atoms with Gasteiger partial charge in [-0.25, -0.2) is 9.67 Å². The average molecular weight is 256 g/mol. The van der Waals surface area contributed by atoms with Crippen molar-refractivity contribution in [3.05, 3.63) is 41.9 Å². The summed E-state index contributed by atoms with van der Waals surface area (Å²) in [6.07, 6.45) is -1.26. The van der Waals surface area contributed by atoms with Gasteiger partial charge in [0.2, 0.25) is 0 Å². The minimum absolute atomic E-state index is 0.218. The van der Waals surface area contributed by atoms with E-state index in [0.717, 1.165) is 22.6 Å². The lowest BCUT2D eigenvalue weighted by Gasteiger charge is -2.07. The Bertz CT molecular complexity index is 545. The van der Waals surface area contributed by atoms with E-state index >= 15 is 0 Å². The molecule has 0 fully saturated rings. The van der Waals surface area contributed by atoms with Crippen LogP contribution in [0.15, 0.2) is 30.7 Å². The molecule has 2 rings (SSSR count). The molecule has 0 radical (unpaired) electrons. The third kappa shape index (κ3) is 2.51. The number of nitrogens with zero attached hydrogens (tertiary/aromatic N) is 3. The summed E-state index contributed by atoms with van der Waals surface area (Å²) in [7, 11) is 0. The van der Waals surface area contributed by atoms with Crippen molar-refractivity contribution in [1.29, 1.82) is 0 Å². The van der Waals surface area contributed by atoms with Crippen LogP contribution in [0.3, 0.4) is 0 Å². The number of alkyl halides is 3. The van der Waals surface area contributed by atoms with Gasteiger partial charge >= 0.3 is 6.18 Å². The average Bonchev–Trinajstić information content (AvgIpc) is 2.78. The van der Waals surface area contributed by atoms with Crippen LogP contribution in [0.1, 0.15) is 24.1 Å². The van der Waals surface area contributed by atoms with Gasteiger partial charge in [0.1, 0.15) is 0 Å². The zero-order valence-electron chi connectivity index (χ0n) is 9.52. The summed E-state index contributed by atoms with van der Waals surface area (Å²) in [4.78, 5) is 3.96.